The lowest BCUT2D eigenvalue weighted by Gasteiger charge is -2.35. The third-order valence-corrected chi connectivity index (χ3v) is 7.57. The second-order valence-corrected chi connectivity index (χ2v) is 9.97. The lowest BCUT2D eigenvalue weighted by molar-refractivity contribution is -0.286. The van der Waals surface area contributed by atoms with E-state index >= 15 is 0 Å². The predicted octanol–water partition coefficient (Wildman–Crippen LogP) is 3.31. The summed E-state index contributed by atoms with van der Waals surface area (Å²) in [5, 5.41) is 3.12. The number of methoxy groups -OCH3 is 1. The summed E-state index contributed by atoms with van der Waals surface area (Å²) < 4.78 is 53.1. The minimum atomic E-state index is -3.73. The fourth-order valence-corrected chi connectivity index (χ4v) is 5.35. The minimum absolute atomic E-state index is 0.0671. The molecule has 3 heterocycles. The van der Waals surface area contributed by atoms with Gasteiger partial charge in [0.05, 0.1) is 25.2 Å². The van der Waals surface area contributed by atoms with Crippen LogP contribution in [0.25, 0.3) is 0 Å². The molecule has 2 aromatic carbocycles. The number of halogens is 2. The first-order valence-corrected chi connectivity index (χ1v) is 12.7. The largest absolute Gasteiger partial charge is 0.586 e. The van der Waals surface area contributed by atoms with E-state index in [9.17, 15) is 18.4 Å². The van der Waals surface area contributed by atoms with Crippen LogP contribution in [0.4, 0.5) is 8.78 Å². The summed E-state index contributed by atoms with van der Waals surface area (Å²) in [5.41, 5.74) is 0.445. The van der Waals surface area contributed by atoms with Gasteiger partial charge in [0.25, 0.3) is 5.91 Å². The molecule has 1 N–H and O–H groups in total. The maximum atomic E-state index is 13.7. The molecule has 0 bridgehead atoms. The van der Waals surface area contributed by atoms with Crippen molar-refractivity contribution in [1.29, 1.82) is 0 Å². The van der Waals surface area contributed by atoms with Gasteiger partial charge < -0.3 is 33.9 Å². The number of nitrogens with zero attached hydrogens (tertiary/aromatic N) is 1. The minimum Gasteiger partial charge on any atom is -0.497 e. The molecule has 0 radical (unpaired) electrons. The number of benzene rings is 2. The number of nitrogens with one attached hydrogen (secondary N) is 1. The zero-order valence-corrected chi connectivity index (χ0v) is 20.8. The lowest BCUT2D eigenvalue weighted by Crippen LogP contribution is -2.48. The topological polar surface area (TPSA) is 95.6 Å². The first-order chi connectivity index (χ1) is 18.3. The average Bonchev–Trinajstić information content (AvgIpc) is 3.69. The molecular formula is C27H28F2N2O7. The van der Waals surface area contributed by atoms with E-state index in [0.29, 0.717) is 56.2 Å². The number of carbonyl (C=O) groups is 2. The summed E-state index contributed by atoms with van der Waals surface area (Å²) in [6.07, 6.45) is -2.40. The number of carbonyl (C=O) groups excluding carboxylic acids is 2. The highest BCUT2D eigenvalue weighted by Crippen LogP contribution is 2.52. The lowest BCUT2D eigenvalue weighted by atomic mass is 9.91. The first-order valence-electron chi connectivity index (χ1n) is 12.7. The molecule has 0 spiro atoms. The van der Waals surface area contributed by atoms with Crippen molar-refractivity contribution in [3.8, 4) is 23.0 Å². The molecule has 3 aliphatic heterocycles. The van der Waals surface area contributed by atoms with Crippen molar-refractivity contribution in [3.63, 3.8) is 0 Å². The van der Waals surface area contributed by atoms with Gasteiger partial charge in [-0.15, -0.1) is 8.78 Å². The van der Waals surface area contributed by atoms with E-state index in [0.717, 1.165) is 12.0 Å². The molecule has 38 heavy (non-hydrogen) atoms. The Bertz CT molecular complexity index is 1260. The number of alkyl halides is 2. The molecule has 11 heteroatoms. The van der Waals surface area contributed by atoms with Crippen LogP contribution < -0.4 is 24.3 Å². The molecule has 2 amide bonds. The summed E-state index contributed by atoms with van der Waals surface area (Å²) in [7, 11) is 1.54. The first kappa shape index (κ1) is 24.7. The molecule has 1 aliphatic carbocycles. The Labute approximate surface area is 217 Å². The van der Waals surface area contributed by atoms with Crippen LogP contribution in [-0.2, 0) is 19.7 Å². The van der Waals surface area contributed by atoms with Gasteiger partial charge in [-0.3, -0.25) is 9.59 Å². The van der Waals surface area contributed by atoms with Crippen molar-refractivity contribution in [2.45, 2.75) is 49.5 Å². The molecule has 9 nitrogen and oxygen atoms in total. The number of ether oxygens (including phenoxy) is 5. The fraction of sp³-hybridized carbons (Fsp3) is 0.481. The van der Waals surface area contributed by atoms with E-state index in [1.165, 1.54) is 12.1 Å². The predicted molar refractivity (Wildman–Crippen MR) is 128 cm³/mol. The molecule has 2 atom stereocenters. The number of rotatable bonds is 5. The Morgan fingerprint density at radius 3 is 2.63 bits per heavy atom. The van der Waals surface area contributed by atoms with Gasteiger partial charge in [-0.1, -0.05) is 6.07 Å². The molecule has 2 aromatic rings. The Balaban J connectivity index is 1.25. The van der Waals surface area contributed by atoms with E-state index < -0.39 is 23.9 Å². The normalized spacial score (nSPS) is 24.4. The molecule has 4 aliphatic rings. The van der Waals surface area contributed by atoms with Gasteiger partial charge in [-0.2, -0.15) is 0 Å². The van der Waals surface area contributed by atoms with E-state index in [4.69, 9.17) is 14.2 Å². The number of fused-ring (bicyclic) bond motifs is 2. The summed E-state index contributed by atoms with van der Waals surface area (Å²) in [5.74, 6) is 0.485. The fourth-order valence-electron chi connectivity index (χ4n) is 5.35. The van der Waals surface area contributed by atoms with Gasteiger partial charge in [0.2, 0.25) is 5.91 Å². The molecule has 2 fully saturated rings. The van der Waals surface area contributed by atoms with Gasteiger partial charge in [0.1, 0.15) is 11.5 Å². The van der Waals surface area contributed by atoms with Crippen molar-refractivity contribution >= 4 is 11.8 Å². The van der Waals surface area contributed by atoms with Crippen molar-refractivity contribution in [2.24, 2.45) is 0 Å². The van der Waals surface area contributed by atoms with Crippen LogP contribution in [0.1, 0.15) is 42.9 Å². The smallest absolute Gasteiger partial charge is 0.497 e. The van der Waals surface area contributed by atoms with Gasteiger partial charge in [0, 0.05) is 37.7 Å². The third-order valence-electron chi connectivity index (χ3n) is 7.57. The SMILES string of the molecule is COc1ccc2c(c1)O[C@@H](C(=O)N1CCCOCC1)C[C@@H]2NC(=O)C1(c2ccc3c(c2)OC(F)(F)O3)CC1. The number of amides is 2. The second kappa shape index (κ2) is 9.30. The van der Waals surface area contributed by atoms with Crippen LogP contribution in [-0.4, -0.2) is 62.5 Å². The van der Waals surface area contributed by atoms with E-state index in [-0.39, 0.29) is 29.7 Å². The summed E-state index contributed by atoms with van der Waals surface area (Å²) in [6.45, 7) is 2.13. The Morgan fingerprint density at radius 1 is 1.03 bits per heavy atom. The van der Waals surface area contributed by atoms with Crippen molar-refractivity contribution < 1.29 is 42.1 Å². The third kappa shape index (κ3) is 4.48. The summed E-state index contributed by atoms with van der Waals surface area (Å²) >= 11 is 0. The molecular weight excluding hydrogens is 502 g/mol. The monoisotopic (exact) mass is 530 g/mol. The van der Waals surface area contributed by atoms with Crippen LogP contribution in [0.2, 0.25) is 0 Å². The van der Waals surface area contributed by atoms with Gasteiger partial charge in [-0.25, -0.2) is 0 Å². The van der Waals surface area contributed by atoms with Crippen LogP contribution in [0, 0.1) is 0 Å². The van der Waals surface area contributed by atoms with E-state index in [1.54, 1.807) is 30.2 Å². The average molecular weight is 531 g/mol. The molecule has 0 unspecified atom stereocenters. The highest BCUT2D eigenvalue weighted by molar-refractivity contribution is 5.92. The zero-order valence-electron chi connectivity index (χ0n) is 20.8. The zero-order chi connectivity index (χ0) is 26.5. The van der Waals surface area contributed by atoms with Crippen molar-refractivity contribution in [3.05, 3.63) is 47.5 Å². The second-order valence-electron chi connectivity index (χ2n) is 9.97. The molecule has 1 saturated carbocycles. The van der Waals surface area contributed by atoms with Crippen LogP contribution in [0.15, 0.2) is 36.4 Å². The van der Waals surface area contributed by atoms with Gasteiger partial charge in [0.15, 0.2) is 17.6 Å². The number of hydrogen-bond acceptors (Lipinski definition) is 7. The van der Waals surface area contributed by atoms with Crippen LogP contribution >= 0.6 is 0 Å². The maximum absolute atomic E-state index is 13.7. The van der Waals surface area contributed by atoms with Crippen LogP contribution in [0.3, 0.4) is 0 Å². The van der Waals surface area contributed by atoms with Crippen LogP contribution in [0.5, 0.6) is 23.0 Å². The Kier molecular flexibility index (Phi) is 6.05. The number of hydrogen-bond donors (Lipinski definition) is 1. The Morgan fingerprint density at radius 2 is 1.84 bits per heavy atom. The highest BCUT2D eigenvalue weighted by Gasteiger charge is 2.53. The molecule has 0 aromatic heterocycles. The Hall–Kier alpha value is -3.60. The molecule has 202 valence electrons. The maximum Gasteiger partial charge on any atom is 0.586 e. The van der Waals surface area contributed by atoms with Gasteiger partial charge in [-0.05, 0) is 49.1 Å². The molecule has 1 saturated heterocycles. The summed E-state index contributed by atoms with van der Waals surface area (Å²) in [6, 6.07) is 9.28. The highest BCUT2D eigenvalue weighted by atomic mass is 19.3. The van der Waals surface area contributed by atoms with E-state index in [1.807, 2.05) is 6.07 Å². The van der Waals surface area contributed by atoms with Crippen molar-refractivity contribution in [1.82, 2.24) is 10.2 Å². The summed E-state index contributed by atoms with van der Waals surface area (Å²) in [4.78, 5) is 28.8. The van der Waals surface area contributed by atoms with E-state index in [2.05, 4.69) is 14.8 Å². The molecule has 6 rings (SSSR count). The van der Waals surface area contributed by atoms with Gasteiger partial charge >= 0.3 is 6.29 Å². The quantitative estimate of drug-likeness (QED) is 0.634. The van der Waals surface area contributed by atoms with Crippen molar-refractivity contribution in [2.75, 3.05) is 33.4 Å². The standard InChI is InChI=1S/C27H28F2N2O7/c1-34-17-4-5-18-19(15-23(36-21(18)14-17)24(32)31-9-2-11-35-12-10-31)30-25(33)26(7-8-26)16-3-6-20-22(13-16)38-27(28,29)37-20/h3-6,13-14,19,23H,2,7-12,15H2,1H3,(H,30,33)/t19-,23+/m0/s1.